The van der Waals surface area contributed by atoms with E-state index in [-0.39, 0.29) is 17.2 Å². The number of nitrogens with zero attached hydrogens (tertiary/aromatic N) is 4. The number of benzene rings is 1. The molecule has 0 N–H and O–H groups in total. The Hall–Kier alpha value is -4.05. The minimum atomic E-state index is -1.01. The summed E-state index contributed by atoms with van der Waals surface area (Å²) < 4.78 is 17.3. The van der Waals surface area contributed by atoms with Crippen molar-refractivity contribution in [1.82, 2.24) is 20.0 Å². The lowest BCUT2D eigenvalue weighted by Crippen LogP contribution is -2.37. The number of aryl methyl sites for hydroxylation is 1. The van der Waals surface area contributed by atoms with Crippen molar-refractivity contribution in [3.63, 3.8) is 0 Å². The van der Waals surface area contributed by atoms with Gasteiger partial charge in [-0.2, -0.15) is 0 Å². The van der Waals surface area contributed by atoms with Crippen LogP contribution >= 0.6 is 11.3 Å². The number of pyridine rings is 1. The normalized spacial score (nSPS) is 12.2. The Kier molecular flexibility index (Phi) is 5.58. The van der Waals surface area contributed by atoms with Gasteiger partial charge in [0.25, 0.3) is 11.6 Å². The second-order valence-electron chi connectivity index (χ2n) is 7.80. The van der Waals surface area contributed by atoms with Gasteiger partial charge < -0.3 is 18.6 Å². The molecule has 10 heteroatoms. The van der Waals surface area contributed by atoms with Crippen molar-refractivity contribution in [3.05, 3.63) is 65.0 Å². The van der Waals surface area contributed by atoms with E-state index in [1.54, 1.807) is 39.1 Å². The SMILES string of the molecule is Cc1noc2nc(-c3ccco3)cc(C(=O)OC(C)C(=O)N(C)Cc3nc4ccccc4s3)c12. The second-order valence-corrected chi connectivity index (χ2v) is 8.91. The molecular formula is C24H20N4O5S. The van der Waals surface area contributed by atoms with Crippen LogP contribution in [0.15, 0.2) is 57.7 Å². The van der Waals surface area contributed by atoms with E-state index in [1.165, 1.54) is 22.5 Å². The molecular weight excluding hydrogens is 456 g/mol. The average Bonchev–Trinajstić information content (AvgIpc) is 3.57. The van der Waals surface area contributed by atoms with E-state index >= 15 is 0 Å². The van der Waals surface area contributed by atoms with Crippen LogP contribution in [0.2, 0.25) is 0 Å². The Bertz CT molecular complexity index is 1470. The number of thiazole rings is 1. The highest BCUT2D eigenvalue weighted by atomic mass is 32.1. The van der Waals surface area contributed by atoms with Gasteiger partial charge in [-0.1, -0.05) is 17.3 Å². The molecule has 0 saturated carbocycles. The summed E-state index contributed by atoms with van der Waals surface area (Å²) in [6.07, 6.45) is 0.495. The topological polar surface area (TPSA) is 112 Å². The van der Waals surface area contributed by atoms with Crippen LogP contribution in [-0.2, 0) is 16.1 Å². The number of carbonyl (C=O) groups is 2. The van der Waals surface area contributed by atoms with E-state index in [4.69, 9.17) is 13.7 Å². The fourth-order valence-corrected chi connectivity index (χ4v) is 4.68. The molecule has 0 aliphatic rings. The number of rotatable bonds is 6. The first-order chi connectivity index (χ1) is 16.4. The zero-order chi connectivity index (χ0) is 23.8. The van der Waals surface area contributed by atoms with Crippen LogP contribution in [-0.4, -0.2) is 45.1 Å². The van der Waals surface area contributed by atoms with Gasteiger partial charge in [0.2, 0.25) is 0 Å². The van der Waals surface area contributed by atoms with Gasteiger partial charge >= 0.3 is 5.97 Å². The molecule has 0 aliphatic heterocycles. The van der Waals surface area contributed by atoms with Gasteiger partial charge in [0.15, 0.2) is 11.9 Å². The van der Waals surface area contributed by atoms with Crippen LogP contribution < -0.4 is 0 Å². The first kappa shape index (κ1) is 21.8. The molecule has 1 unspecified atom stereocenters. The second kappa shape index (κ2) is 8.71. The van der Waals surface area contributed by atoms with Gasteiger partial charge in [-0.3, -0.25) is 4.79 Å². The third kappa shape index (κ3) is 4.03. The Morgan fingerprint density at radius 1 is 1.18 bits per heavy atom. The molecule has 0 spiro atoms. The van der Waals surface area contributed by atoms with Crippen LogP contribution in [0, 0.1) is 6.92 Å². The standard InChI is InChI=1S/C24H20N4O5S/c1-13-21-15(11-17(18-8-6-10-31-18)26-22(21)33-27-13)24(30)32-14(2)23(29)28(3)12-20-25-16-7-4-5-9-19(16)34-20/h4-11,14H,12H2,1-3H3. The van der Waals surface area contributed by atoms with Crippen molar-refractivity contribution < 1.29 is 23.3 Å². The molecule has 4 aromatic heterocycles. The number of furan rings is 1. The number of ether oxygens (including phenoxy) is 1. The van der Waals surface area contributed by atoms with Crippen LogP contribution in [0.4, 0.5) is 0 Å². The minimum absolute atomic E-state index is 0.185. The summed E-state index contributed by atoms with van der Waals surface area (Å²) in [5.41, 5.74) is 2.16. The molecule has 0 saturated heterocycles. The molecule has 0 fully saturated rings. The summed E-state index contributed by atoms with van der Waals surface area (Å²) in [5, 5.41) is 5.15. The van der Waals surface area contributed by atoms with Crippen molar-refractivity contribution in [3.8, 4) is 11.5 Å². The molecule has 4 heterocycles. The van der Waals surface area contributed by atoms with Crippen LogP contribution in [0.1, 0.15) is 28.0 Å². The maximum Gasteiger partial charge on any atom is 0.339 e. The average molecular weight is 477 g/mol. The third-order valence-electron chi connectivity index (χ3n) is 5.33. The monoisotopic (exact) mass is 476 g/mol. The fraction of sp³-hybridized carbons (Fsp3) is 0.208. The summed E-state index contributed by atoms with van der Waals surface area (Å²) in [6, 6.07) is 12.8. The number of hydrogen-bond donors (Lipinski definition) is 0. The molecule has 5 rings (SSSR count). The number of amides is 1. The van der Waals surface area contributed by atoms with Gasteiger partial charge in [0, 0.05) is 7.05 Å². The minimum Gasteiger partial charge on any atom is -0.463 e. The van der Waals surface area contributed by atoms with E-state index in [0.717, 1.165) is 15.2 Å². The predicted octanol–water partition coefficient (Wildman–Crippen LogP) is 4.60. The van der Waals surface area contributed by atoms with Gasteiger partial charge in [0.1, 0.15) is 10.7 Å². The largest absolute Gasteiger partial charge is 0.463 e. The zero-order valence-corrected chi connectivity index (χ0v) is 19.5. The van der Waals surface area contributed by atoms with Crippen LogP contribution in [0.3, 0.4) is 0 Å². The molecule has 9 nitrogen and oxygen atoms in total. The number of hydrogen-bond acceptors (Lipinski definition) is 9. The molecule has 0 aliphatic carbocycles. The lowest BCUT2D eigenvalue weighted by Gasteiger charge is -2.20. The van der Waals surface area contributed by atoms with E-state index in [9.17, 15) is 9.59 Å². The summed E-state index contributed by atoms with van der Waals surface area (Å²) in [7, 11) is 1.66. The van der Waals surface area contributed by atoms with Crippen molar-refractivity contribution in [1.29, 1.82) is 0 Å². The summed E-state index contributed by atoms with van der Waals surface area (Å²) in [6.45, 7) is 3.56. The Labute approximate surface area is 197 Å². The van der Waals surface area contributed by atoms with Crippen LogP contribution in [0.25, 0.3) is 32.8 Å². The van der Waals surface area contributed by atoms with Crippen molar-refractivity contribution in [2.45, 2.75) is 26.5 Å². The fourth-order valence-electron chi connectivity index (χ4n) is 3.66. The third-order valence-corrected chi connectivity index (χ3v) is 6.35. The highest BCUT2D eigenvalue weighted by Gasteiger charge is 2.26. The first-order valence-corrected chi connectivity index (χ1v) is 11.3. The molecule has 0 radical (unpaired) electrons. The van der Waals surface area contributed by atoms with Crippen LogP contribution in [0.5, 0.6) is 0 Å². The van der Waals surface area contributed by atoms with E-state index < -0.39 is 12.1 Å². The van der Waals surface area contributed by atoms with Crippen molar-refractivity contribution >= 4 is 44.5 Å². The molecule has 1 aromatic carbocycles. The molecule has 1 atom stereocenters. The van der Waals surface area contributed by atoms with Gasteiger partial charge in [-0.05, 0) is 44.2 Å². The number of fused-ring (bicyclic) bond motifs is 2. The zero-order valence-electron chi connectivity index (χ0n) is 18.6. The lowest BCUT2D eigenvalue weighted by atomic mass is 10.1. The van der Waals surface area contributed by atoms with Gasteiger partial charge in [0.05, 0.1) is 39.7 Å². The van der Waals surface area contributed by atoms with E-state index in [2.05, 4.69) is 15.1 Å². The number of aromatic nitrogens is 3. The number of likely N-dealkylation sites (N-methyl/N-ethyl adjacent to an activating group) is 1. The lowest BCUT2D eigenvalue weighted by molar-refractivity contribution is -0.139. The summed E-state index contributed by atoms with van der Waals surface area (Å²) >= 11 is 1.52. The maximum atomic E-state index is 13.1. The summed E-state index contributed by atoms with van der Waals surface area (Å²) in [4.78, 5) is 36.5. The highest BCUT2D eigenvalue weighted by Crippen LogP contribution is 2.28. The first-order valence-electron chi connectivity index (χ1n) is 10.5. The quantitative estimate of drug-likeness (QED) is 0.327. The molecule has 172 valence electrons. The molecule has 1 amide bonds. The number of esters is 1. The number of carbonyl (C=O) groups excluding carboxylic acids is 2. The Balaban J connectivity index is 1.35. The maximum absolute atomic E-state index is 13.1. The van der Waals surface area contributed by atoms with Crippen molar-refractivity contribution in [2.75, 3.05) is 7.05 Å². The highest BCUT2D eigenvalue weighted by molar-refractivity contribution is 7.18. The van der Waals surface area contributed by atoms with E-state index in [0.29, 0.717) is 29.1 Å². The van der Waals surface area contributed by atoms with Gasteiger partial charge in [-0.15, -0.1) is 11.3 Å². The molecule has 34 heavy (non-hydrogen) atoms. The molecule has 5 aromatic rings. The molecule has 0 bridgehead atoms. The Morgan fingerprint density at radius 2 is 2.00 bits per heavy atom. The smallest absolute Gasteiger partial charge is 0.339 e. The van der Waals surface area contributed by atoms with E-state index in [1.807, 2.05) is 24.3 Å². The Morgan fingerprint density at radius 3 is 2.76 bits per heavy atom. The predicted molar refractivity (Wildman–Crippen MR) is 125 cm³/mol. The van der Waals surface area contributed by atoms with Crippen molar-refractivity contribution in [2.24, 2.45) is 0 Å². The summed E-state index contributed by atoms with van der Waals surface area (Å²) in [5.74, 6) is -0.559. The number of para-hydroxylation sites is 1. The van der Waals surface area contributed by atoms with Gasteiger partial charge in [-0.25, -0.2) is 14.8 Å².